The van der Waals surface area contributed by atoms with E-state index < -0.39 is 78.8 Å². The summed E-state index contributed by atoms with van der Waals surface area (Å²) in [4.78, 5) is 60.5. The average Bonchev–Trinajstić information content (AvgIpc) is 3.08. The third-order valence-corrected chi connectivity index (χ3v) is 5.94. The van der Waals surface area contributed by atoms with Crippen LogP contribution in [0.4, 0.5) is 0 Å². The minimum absolute atomic E-state index is 0. The number of primary amides is 1. The van der Waals surface area contributed by atoms with E-state index in [2.05, 4.69) is 26.6 Å². The number of rotatable bonds is 15. The number of ether oxygens (including phenoxy) is 1. The van der Waals surface area contributed by atoms with E-state index in [1.54, 1.807) is 13.8 Å². The first-order chi connectivity index (χ1) is 17.3. The van der Waals surface area contributed by atoms with Gasteiger partial charge in [-0.1, -0.05) is 13.8 Å². The van der Waals surface area contributed by atoms with Crippen LogP contribution in [0.2, 0.25) is 0 Å². The van der Waals surface area contributed by atoms with Gasteiger partial charge in [0.25, 0.3) is 0 Å². The van der Waals surface area contributed by atoms with Gasteiger partial charge in [-0.05, 0) is 26.3 Å². The van der Waals surface area contributed by atoms with E-state index >= 15 is 0 Å². The predicted molar refractivity (Wildman–Crippen MR) is 129 cm³/mol. The summed E-state index contributed by atoms with van der Waals surface area (Å²) in [5.41, 5.74) is 5.09. The fourth-order valence-corrected chi connectivity index (χ4v) is 3.73. The zero-order chi connectivity index (χ0) is 28.3. The van der Waals surface area contributed by atoms with Gasteiger partial charge < -0.3 is 52.4 Å². The molecule has 0 bridgehead atoms. The van der Waals surface area contributed by atoms with Gasteiger partial charge in [0.2, 0.25) is 29.5 Å². The summed E-state index contributed by atoms with van der Waals surface area (Å²) in [5, 5.41) is 41.4. The number of hydrogen-bond acceptors (Lipinski definition) is 10. The van der Waals surface area contributed by atoms with Gasteiger partial charge in [0.05, 0.1) is 18.6 Å². The maximum atomic E-state index is 12.8. The molecule has 0 aliphatic carbocycles. The number of carbonyl (C=O) groups excluding carboxylic acids is 5. The van der Waals surface area contributed by atoms with Crippen molar-refractivity contribution in [1.82, 2.24) is 26.6 Å². The van der Waals surface area contributed by atoms with E-state index in [4.69, 9.17) is 15.6 Å². The maximum absolute atomic E-state index is 12.8. The second-order valence-corrected chi connectivity index (χ2v) is 9.21. The van der Waals surface area contributed by atoms with Crippen LogP contribution in [-0.2, 0) is 28.7 Å². The molecular formula is C22H40N6O9Pa. The van der Waals surface area contributed by atoms with Crippen molar-refractivity contribution in [2.45, 2.75) is 82.6 Å². The molecule has 7 atom stereocenters. The van der Waals surface area contributed by atoms with Crippen molar-refractivity contribution in [3.8, 4) is 0 Å². The molecule has 1 fully saturated rings. The number of nitrogens with two attached hydrogens (primary N) is 1. The van der Waals surface area contributed by atoms with Crippen molar-refractivity contribution in [3.63, 3.8) is 0 Å². The van der Waals surface area contributed by atoms with E-state index in [0.717, 1.165) is 0 Å². The third-order valence-electron chi connectivity index (χ3n) is 5.94. The van der Waals surface area contributed by atoms with Gasteiger partial charge in [-0.15, -0.1) is 0 Å². The van der Waals surface area contributed by atoms with Gasteiger partial charge >= 0.3 is 0 Å². The first-order valence-corrected chi connectivity index (χ1v) is 12.0. The predicted octanol–water partition coefficient (Wildman–Crippen LogP) is -4.45. The molecule has 1 heterocycles. The first kappa shape index (κ1) is 36.2. The number of amides is 5. The summed E-state index contributed by atoms with van der Waals surface area (Å²) < 4.78 is 5.41. The molecule has 38 heavy (non-hydrogen) atoms. The molecule has 15 nitrogen and oxygen atoms in total. The normalized spacial score (nSPS) is 22.9. The standard InChI is InChI=1S/C22H40N6O9.Pa/c1-10(2)17(22(36)27-11(3)20(34)26-9-29)28-21(35)12(24-4)5-6-16(31)25-8-14-19(33)18(32)13(37-14)7-15(23)30;/h10-14,17-19,24,29,32-33H,5-9H2,1-4H3,(H2,23,30)(H,25,31)(H,26,34)(H,27,36)(H,28,35);/t11-,12-,13-,14+,17-,18-,19+;/m0./s1. The van der Waals surface area contributed by atoms with Gasteiger partial charge in [0.1, 0.15) is 37.1 Å². The van der Waals surface area contributed by atoms with Crippen molar-refractivity contribution in [2.24, 2.45) is 11.7 Å². The molecule has 1 saturated heterocycles. The van der Waals surface area contributed by atoms with Crippen LogP contribution in [0.1, 0.15) is 40.0 Å². The largest absolute Gasteiger partial charge is 0.388 e. The zero-order valence-electron chi connectivity index (χ0n) is 22.1. The number of aliphatic hydroxyl groups excluding tert-OH is 3. The Morgan fingerprint density at radius 3 is 2.05 bits per heavy atom. The topological polar surface area (TPSA) is 241 Å². The summed E-state index contributed by atoms with van der Waals surface area (Å²) in [7, 11) is 1.52. The minimum Gasteiger partial charge on any atom is -0.388 e. The van der Waals surface area contributed by atoms with Gasteiger partial charge in [-0.25, -0.2) is 0 Å². The van der Waals surface area contributed by atoms with Crippen LogP contribution in [0.3, 0.4) is 0 Å². The Hall–Kier alpha value is -1.76. The maximum Gasteiger partial charge on any atom is 0.244 e. The third kappa shape index (κ3) is 11.5. The van der Waals surface area contributed by atoms with E-state index in [1.165, 1.54) is 14.0 Å². The van der Waals surface area contributed by atoms with Gasteiger partial charge in [-0.2, -0.15) is 0 Å². The molecule has 0 spiro atoms. The smallest absolute Gasteiger partial charge is 0.244 e. The van der Waals surface area contributed by atoms with Crippen LogP contribution in [0.5, 0.6) is 0 Å². The second kappa shape index (κ2) is 17.8. The van der Waals surface area contributed by atoms with Crippen LogP contribution in [0.25, 0.3) is 0 Å². The fraction of sp³-hybridized carbons (Fsp3) is 0.773. The summed E-state index contributed by atoms with van der Waals surface area (Å²) in [6.45, 7) is 4.17. The molecule has 215 valence electrons. The number of hydrogen-bond donors (Lipinski definition) is 9. The van der Waals surface area contributed by atoms with E-state index in [0.29, 0.717) is 0 Å². The Bertz CT molecular complexity index is 818. The number of likely N-dealkylation sites (N-methyl/N-ethyl adjacent to an activating group) is 1. The molecule has 1 radical (unpaired) electrons. The summed E-state index contributed by atoms with van der Waals surface area (Å²) in [6, 6.07) is -2.71. The van der Waals surface area contributed by atoms with Crippen molar-refractivity contribution in [3.05, 3.63) is 0 Å². The Morgan fingerprint density at radius 1 is 0.921 bits per heavy atom. The van der Waals surface area contributed by atoms with Crippen LogP contribution < -0.4 is 32.3 Å². The Balaban J connectivity index is 0.0000137. The molecule has 16 heteroatoms. The van der Waals surface area contributed by atoms with E-state index in [-0.39, 0.29) is 64.0 Å². The monoisotopic (exact) mass is 763 g/mol. The SMILES string of the molecule is CN[C@@H](CCC(=O)NC[C@H]1O[C@@H](CC(N)=O)[C@H](O)[C@@H]1O)C(=O)N[C@H](C(=O)N[C@@H](C)C(=O)NCO)C(C)C.[Pa]. The number of carbonyl (C=O) groups is 5. The first-order valence-electron chi connectivity index (χ1n) is 12.0. The zero-order valence-corrected chi connectivity index (χ0v) is 26.9. The quantitative estimate of drug-likeness (QED) is 0.0726. The average molecular weight is 764 g/mol. The molecule has 0 aromatic rings. The van der Waals surface area contributed by atoms with E-state index in [9.17, 15) is 34.2 Å². The molecule has 5 amide bonds. The molecule has 0 aromatic carbocycles. The molecule has 10 N–H and O–H groups in total. The Morgan fingerprint density at radius 2 is 1.53 bits per heavy atom. The summed E-state index contributed by atoms with van der Waals surface area (Å²) >= 11 is 0. The molecule has 0 aromatic heterocycles. The van der Waals surface area contributed by atoms with Crippen molar-refractivity contribution >= 4 is 29.5 Å². The van der Waals surface area contributed by atoms with Crippen LogP contribution >= 0.6 is 0 Å². The molecule has 1 rings (SSSR count). The molecule has 1 aliphatic heterocycles. The van der Waals surface area contributed by atoms with E-state index in [1.807, 2.05) is 0 Å². The number of nitrogens with one attached hydrogen (secondary N) is 5. The van der Waals surface area contributed by atoms with Crippen LogP contribution in [0.15, 0.2) is 0 Å². The fourth-order valence-electron chi connectivity index (χ4n) is 3.73. The Kier molecular flexibility index (Phi) is 16.9. The number of aliphatic hydroxyl groups is 3. The molecule has 0 saturated carbocycles. The Labute approximate surface area is 246 Å². The van der Waals surface area contributed by atoms with Crippen molar-refractivity contribution in [1.29, 1.82) is 0 Å². The van der Waals surface area contributed by atoms with Crippen LogP contribution in [-0.4, -0.2) is 108 Å². The minimum atomic E-state index is -1.31. The van der Waals surface area contributed by atoms with Crippen molar-refractivity contribution < 1.29 is 76.3 Å². The van der Waals surface area contributed by atoms with Gasteiger partial charge in [-0.3, -0.25) is 24.0 Å². The van der Waals surface area contributed by atoms with Gasteiger partial charge in [0.15, 0.2) is 0 Å². The molecule has 0 unspecified atom stereocenters. The van der Waals surface area contributed by atoms with Gasteiger partial charge in [0, 0.05) is 45.3 Å². The summed E-state index contributed by atoms with van der Waals surface area (Å²) in [5.74, 6) is -3.15. The molecular weight excluding hydrogens is 723 g/mol. The summed E-state index contributed by atoms with van der Waals surface area (Å²) in [6.07, 6.45) is -4.79. The van der Waals surface area contributed by atoms with Crippen molar-refractivity contribution in [2.75, 3.05) is 20.3 Å². The second-order valence-electron chi connectivity index (χ2n) is 9.21. The molecule has 1 aliphatic rings. The van der Waals surface area contributed by atoms with Crippen LogP contribution in [0, 0.1) is 38.2 Å².